The standard InChI is InChI=1S/C14H28N2O2/c1-9(2)12(10(3)4)8-16-14(17)13-6-5-11(7-15)18-13/h9-13H,5-8,15H2,1-4H3,(H,16,17). The minimum Gasteiger partial charge on any atom is -0.364 e. The van der Waals surface area contributed by atoms with Crippen LogP contribution in [0.25, 0.3) is 0 Å². The number of carbonyl (C=O) groups excluding carboxylic acids is 1. The summed E-state index contributed by atoms with van der Waals surface area (Å²) in [7, 11) is 0. The second-order valence-corrected chi connectivity index (χ2v) is 5.96. The van der Waals surface area contributed by atoms with Crippen LogP contribution in [0.2, 0.25) is 0 Å². The van der Waals surface area contributed by atoms with Gasteiger partial charge in [0.2, 0.25) is 5.91 Å². The zero-order chi connectivity index (χ0) is 13.7. The Hall–Kier alpha value is -0.610. The van der Waals surface area contributed by atoms with Crippen molar-refractivity contribution in [1.82, 2.24) is 5.32 Å². The maximum absolute atomic E-state index is 12.0. The molecule has 1 amide bonds. The van der Waals surface area contributed by atoms with Crippen molar-refractivity contribution in [3.63, 3.8) is 0 Å². The van der Waals surface area contributed by atoms with E-state index in [0.29, 0.717) is 24.3 Å². The third kappa shape index (κ3) is 4.25. The van der Waals surface area contributed by atoms with E-state index in [1.165, 1.54) is 0 Å². The van der Waals surface area contributed by atoms with E-state index in [4.69, 9.17) is 10.5 Å². The monoisotopic (exact) mass is 256 g/mol. The zero-order valence-corrected chi connectivity index (χ0v) is 12.1. The van der Waals surface area contributed by atoms with Gasteiger partial charge in [0.1, 0.15) is 6.10 Å². The van der Waals surface area contributed by atoms with Gasteiger partial charge >= 0.3 is 0 Å². The summed E-state index contributed by atoms with van der Waals surface area (Å²) in [6, 6.07) is 0. The molecule has 0 bridgehead atoms. The molecule has 0 spiro atoms. The Morgan fingerprint density at radius 3 is 2.33 bits per heavy atom. The van der Waals surface area contributed by atoms with Gasteiger partial charge in [-0.3, -0.25) is 4.79 Å². The summed E-state index contributed by atoms with van der Waals surface area (Å²) in [5.74, 6) is 1.69. The van der Waals surface area contributed by atoms with Crippen molar-refractivity contribution in [2.75, 3.05) is 13.1 Å². The van der Waals surface area contributed by atoms with E-state index in [2.05, 4.69) is 33.0 Å². The molecule has 106 valence electrons. The molecule has 2 atom stereocenters. The molecule has 4 heteroatoms. The predicted molar refractivity (Wildman–Crippen MR) is 73.1 cm³/mol. The molecule has 1 aliphatic heterocycles. The SMILES string of the molecule is CC(C)C(CNC(=O)C1CCC(CN)O1)C(C)C. The van der Waals surface area contributed by atoms with Crippen LogP contribution in [0.5, 0.6) is 0 Å². The molecule has 3 N–H and O–H groups in total. The Balaban J connectivity index is 2.36. The van der Waals surface area contributed by atoms with Crippen LogP contribution in [-0.2, 0) is 9.53 Å². The van der Waals surface area contributed by atoms with Gasteiger partial charge < -0.3 is 15.8 Å². The number of hydrogen-bond acceptors (Lipinski definition) is 3. The molecule has 0 aromatic heterocycles. The van der Waals surface area contributed by atoms with Crippen molar-refractivity contribution >= 4 is 5.91 Å². The van der Waals surface area contributed by atoms with E-state index in [1.807, 2.05) is 0 Å². The zero-order valence-electron chi connectivity index (χ0n) is 12.1. The fourth-order valence-corrected chi connectivity index (χ4v) is 2.65. The Morgan fingerprint density at radius 2 is 1.89 bits per heavy atom. The van der Waals surface area contributed by atoms with Gasteiger partial charge in [-0.1, -0.05) is 27.7 Å². The van der Waals surface area contributed by atoms with Crippen LogP contribution < -0.4 is 11.1 Å². The minimum absolute atomic E-state index is 0.0252. The van der Waals surface area contributed by atoms with Crippen LogP contribution in [0.15, 0.2) is 0 Å². The van der Waals surface area contributed by atoms with Gasteiger partial charge in [0, 0.05) is 13.1 Å². The molecule has 0 radical (unpaired) electrons. The van der Waals surface area contributed by atoms with Crippen LogP contribution in [0, 0.1) is 17.8 Å². The van der Waals surface area contributed by atoms with Crippen LogP contribution in [-0.4, -0.2) is 31.2 Å². The van der Waals surface area contributed by atoms with E-state index >= 15 is 0 Å². The second kappa shape index (κ2) is 7.10. The molecule has 2 unspecified atom stereocenters. The van der Waals surface area contributed by atoms with Crippen molar-refractivity contribution in [3.05, 3.63) is 0 Å². The predicted octanol–water partition coefficient (Wildman–Crippen LogP) is 1.54. The summed E-state index contributed by atoms with van der Waals surface area (Å²) in [6.45, 7) is 10.0. The third-order valence-electron chi connectivity index (χ3n) is 3.89. The maximum atomic E-state index is 12.0. The topological polar surface area (TPSA) is 64.4 Å². The smallest absolute Gasteiger partial charge is 0.249 e. The number of nitrogens with two attached hydrogens (primary N) is 1. The summed E-state index contributed by atoms with van der Waals surface area (Å²) in [4.78, 5) is 12.0. The lowest BCUT2D eigenvalue weighted by Gasteiger charge is -2.25. The first-order valence-electron chi connectivity index (χ1n) is 7.09. The molecule has 0 aliphatic carbocycles. The van der Waals surface area contributed by atoms with Gasteiger partial charge in [0.25, 0.3) is 0 Å². The van der Waals surface area contributed by atoms with Gasteiger partial charge in [-0.25, -0.2) is 0 Å². The molecule has 1 heterocycles. The van der Waals surface area contributed by atoms with Gasteiger partial charge in [0.15, 0.2) is 0 Å². The first kappa shape index (κ1) is 15.4. The highest BCUT2D eigenvalue weighted by Crippen LogP contribution is 2.21. The normalized spacial score (nSPS) is 24.2. The number of hydrogen-bond donors (Lipinski definition) is 2. The summed E-state index contributed by atoms with van der Waals surface area (Å²) in [6.07, 6.45) is 1.46. The Morgan fingerprint density at radius 1 is 1.28 bits per heavy atom. The minimum atomic E-state index is -0.293. The number of nitrogens with one attached hydrogen (secondary N) is 1. The number of rotatable bonds is 6. The molecule has 18 heavy (non-hydrogen) atoms. The number of carbonyl (C=O) groups is 1. The van der Waals surface area contributed by atoms with Gasteiger partial charge in [-0.05, 0) is 30.6 Å². The first-order valence-corrected chi connectivity index (χ1v) is 7.09. The molecule has 1 saturated heterocycles. The molecule has 1 aliphatic rings. The van der Waals surface area contributed by atoms with Gasteiger partial charge in [0.05, 0.1) is 6.10 Å². The summed E-state index contributed by atoms with van der Waals surface area (Å²) < 4.78 is 5.59. The lowest BCUT2D eigenvalue weighted by molar-refractivity contribution is -0.132. The largest absolute Gasteiger partial charge is 0.364 e. The summed E-state index contributed by atoms with van der Waals surface area (Å²) >= 11 is 0. The third-order valence-corrected chi connectivity index (χ3v) is 3.89. The van der Waals surface area contributed by atoms with E-state index in [-0.39, 0.29) is 18.1 Å². The maximum Gasteiger partial charge on any atom is 0.249 e. The number of amides is 1. The van der Waals surface area contributed by atoms with Gasteiger partial charge in [-0.2, -0.15) is 0 Å². The fraction of sp³-hybridized carbons (Fsp3) is 0.929. The quantitative estimate of drug-likeness (QED) is 0.757. The van der Waals surface area contributed by atoms with Crippen molar-refractivity contribution in [1.29, 1.82) is 0 Å². The highest BCUT2D eigenvalue weighted by atomic mass is 16.5. The van der Waals surface area contributed by atoms with E-state index in [0.717, 1.165) is 19.4 Å². The summed E-state index contributed by atoms with van der Waals surface area (Å²) in [5.41, 5.74) is 5.54. The lowest BCUT2D eigenvalue weighted by atomic mass is 9.85. The molecule has 4 nitrogen and oxygen atoms in total. The van der Waals surface area contributed by atoms with E-state index in [9.17, 15) is 4.79 Å². The molecular weight excluding hydrogens is 228 g/mol. The average Bonchev–Trinajstić information content (AvgIpc) is 2.76. The molecule has 1 fully saturated rings. The van der Waals surface area contributed by atoms with Crippen molar-refractivity contribution in [3.8, 4) is 0 Å². The molecule has 0 aromatic carbocycles. The Labute approximate surface area is 111 Å². The van der Waals surface area contributed by atoms with Crippen LogP contribution in [0.1, 0.15) is 40.5 Å². The van der Waals surface area contributed by atoms with Crippen molar-refractivity contribution in [2.45, 2.75) is 52.7 Å². The van der Waals surface area contributed by atoms with Crippen molar-refractivity contribution in [2.24, 2.45) is 23.5 Å². The average molecular weight is 256 g/mol. The second-order valence-electron chi connectivity index (χ2n) is 5.96. The van der Waals surface area contributed by atoms with E-state index in [1.54, 1.807) is 0 Å². The lowest BCUT2D eigenvalue weighted by Crippen LogP contribution is -2.40. The first-order chi connectivity index (χ1) is 8.45. The molecule has 0 aromatic rings. The fourth-order valence-electron chi connectivity index (χ4n) is 2.65. The summed E-state index contributed by atoms with van der Waals surface area (Å²) in [5, 5.41) is 3.03. The van der Waals surface area contributed by atoms with Crippen LogP contribution in [0.3, 0.4) is 0 Å². The Kier molecular flexibility index (Phi) is 6.09. The van der Waals surface area contributed by atoms with Crippen LogP contribution in [0.4, 0.5) is 0 Å². The highest BCUT2D eigenvalue weighted by molar-refractivity contribution is 5.81. The van der Waals surface area contributed by atoms with E-state index < -0.39 is 0 Å². The molecule has 1 rings (SSSR count). The number of ether oxygens (including phenoxy) is 1. The molecule has 0 saturated carbocycles. The van der Waals surface area contributed by atoms with Crippen molar-refractivity contribution < 1.29 is 9.53 Å². The highest BCUT2D eigenvalue weighted by Gasteiger charge is 2.30. The Bertz CT molecular complexity index is 259. The van der Waals surface area contributed by atoms with Crippen LogP contribution >= 0.6 is 0 Å². The molecular formula is C14H28N2O2. The van der Waals surface area contributed by atoms with Gasteiger partial charge in [-0.15, -0.1) is 0 Å².